The molecule has 10 aromatic carbocycles. The highest BCUT2D eigenvalue weighted by atomic mass is 15.2. The van der Waals surface area contributed by atoms with Crippen LogP contribution in [0.4, 0.5) is 34.1 Å². The van der Waals surface area contributed by atoms with E-state index in [1.807, 2.05) is 0 Å². The molecule has 0 aromatic heterocycles. The van der Waals surface area contributed by atoms with Gasteiger partial charge in [0, 0.05) is 33.1 Å². The van der Waals surface area contributed by atoms with Gasteiger partial charge in [-0.1, -0.05) is 190 Å². The normalized spacial score (nSPS) is 13.0. The SMILES string of the molecule is CC1(C)c2ccccc2N(c2c(-c3ccc(N(c4ccc5ccccc5c4)c4cccc5ccccc45)cc3)ccc3ccccc23)c2cc(-c3ccccc3)ccc21. The molecular formula is C57H42N2. The highest BCUT2D eigenvalue weighted by molar-refractivity contribution is 6.08. The maximum Gasteiger partial charge on any atom is 0.0618 e. The molecular weight excluding hydrogens is 713 g/mol. The third kappa shape index (κ3) is 5.79. The summed E-state index contributed by atoms with van der Waals surface area (Å²) in [5.74, 6) is 0. The van der Waals surface area contributed by atoms with Crippen LogP contribution in [-0.2, 0) is 5.41 Å². The van der Waals surface area contributed by atoms with Crippen LogP contribution in [-0.4, -0.2) is 0 Å². The average Bonchev–Trinajstić information content (AvgIpc) is 3.30. The summed E-state index contributed by atoms with van der Waals surface area (Å²) >= 11 is 0. The van der Waals surface area contributed by atoms with Gasteiger partial charge in [0.25, 0.3) is 0 Å². The van der Waals surface area contributed by atoms with E-state index < -0.39 is 0 Å². The standard InChI is InChI=1S/C57H42N2/c1-57(2)51-24-12-13-25-54(51)59(55-38-45(31-36-52(55)57)39-15-4-3-5-16-39)56-49-23-11-9-19-42(49)30-35-50(56)43-28-32-46(33-29-43)58(47-34-27-40-17-6-7-20-44(40)37-47)53-26-14-21-41-18-8-10-22-48(41)53/h3-38H,1-2H3. The Morgan fingerprint density at radius 3 is 1.78 bits per heavy atom. The number of nitrogens with zero attached hydrogens (tertiary/aromatic N) is 2. The summed E-state index contributed by atoms with van der Waals surface area (Å²) in [5.41, 5.74) is 14.2. The first-order valence-corrected chi connectivity index (χ1v) is 20.5. The Morgan fingerprint density at radius 2 is 0.966 bits per heavy atom. The Balaban J connectivity index is 1.12. The van der Waals surface area contributed by atoms with Gasteiger partial charge in [0.05, 0.1) is 22.7 Å². The minimum atomic E-state index is -0.197. The van der Waals surface area contributed by atoms with E-state index in [4.69, 9.17) is 0 Å². The molecule has 2 nitrogen and oxygen atoms in total. The Bertz CT molecular complexity index is 3190. The van der Waals surface area contributed by atoms with Gasteiger partial charge in [-0.25, -0.2) is 0 Å². The van der Waals surface area contributed by atoms with Crippen LogP contribution >= 0.6 is 0 Å². The predicted molar refractivity (Wildman–Crippen MR) is 251 cm³/mol. The number of benzene rings is 10. The lowest BCUT2D eigenvalue weighted by Gasteiger charge is -2.43. The number of fused-ring (bicyclic) bond motifs is 5. The second kappa shape index (κ2) is 13.9. The van der Waals surface area contributed by atoms with E-state index in [0.717, 1.165) is 22.6 Å². The van der Waals surface area contributed by atoms with Gasteiger partial charge in [0.1, 0.15) is 0 Å². The molecule has 0 unspecified atom stereocenters. The summed E-state index contributed by atoms with van der Waals surface area (Å²) in [6.45, 7) is 4.73. The van der Waals surface area contributed by atoms with Crippen LogP contribution in [0.15, 0.2) is 218 Å². The third-order valence-electron chi connectivity index (χ3n) is 12.4. The lowest BCUT2D eigenvalue weighted by atomic mass is 9.73. The topological polar surface area (TPSA) is 6.48 Å². The minimum absolute atomic E-state index is 0.197. The van der Waals surface area contributed by atoms with Crippen molar-refractivity contribution in [2.75, 3.05) is 9.80 Å². The molecule has 0 fully saturated rings. The van der Waals surface area contributed by atoms with E-state index in [9.17, 15) is 0 Å². The van der Waals surface area contributed by atoms with E-state index in [2.05, 4.69) is 242 Å². The van der Waals surface area contributed by atoms with Gasteiger partial charge in [-0.05, 0) is 91.8 Å². The van der Waals surface area contributed by atoms with Crippen LogP contribution in [0.5, 0.6) is 0 Å². The van der Waals surface area contributed by atoms with Gasteiger partial charge in [-0.3, -0.25) is 0 Å². The lowest BCUT2D eigenvalue weighted by Crippen LogP contribution is -2.31. The van der Waals surface area contributed by atoms with Crippen molar-refractivity contribution >= 4 is 66.4 Å². The van der Waals surface area contributed by atoms with Crippen molar-refractivity contribution in [1.29, 1.82) is 0 Å². The minimum Gasteiger partial charge on any atom is -0.310 e. The molecule has 0 aliphatic carbocycles. The van der Waals surface area contributed by atoms with Crippen LogP contribution in [0.25, 0.3) is 54.6 Å². The molecule has 0 atom stereocenters. The monoisotopic (exact) mass is 754 g/mol. The molecule has 0 saturated heterocycles. The van der Waals surface area contributed by atoms with E-state index in [-0.39, 0.29) is 5.41 Å². The fourth-order valence-electron chi connectivity index (χ4n) is 9.43. The number of para-hydroxylation sites is 1. The van der Waals surface area contributed by atoms with Crippen molar-refractivity contribution in [2.45, 2.75) is 19.3 Å². The number of rotatable bonds is 6. The van der Waals surface area contributed by atoms with Crippen molar-refractivity contribution < 1.29 is 0 Å². The summed E-state index contributed by atoms with van der Waals surface area (Å²) < 4.78 is 0. The zero-order chi connectivity index (χ0) is 39.5. The number of anilines is 6. The molecule has 0 amide bonds. The van der Waals surface area contributed by atoms with Crippen LogP contribution in [0, 0.1) is 0 Å². The number of hydrogen-bond acceptors (Lipinski definition) is 2. The zero-order valence-corrected chi connectivity index (χ0v) is 33.2. The van der Waals surface area contributed by atoms with Gasteiger partial charge in [0.2, 0.25) is 0 Å². The van der Waals surface area contributed by atoms with E-state index in [1.54, 1.807) is 0 Å². The molecule has 0 radical (unpaired) electrons. The highest BCUT2D eigenvalue weighted by Gasteiger charge is 2.38. The lowest BCUT2D eigenvalue weighted by molar-refractivity contribution is 0.632. The summed E-state index contributed by atoms with van der Waals surface area (Å²) in [6, 6.07) is 80.1. The highest BCUT2D eigenvalue weighted by Crippen LogP contribution is 2.55. The number of hydrogen-bond donors (Lipinski definition) is 0. The average molecular weight is 755 g/mol. The molecule has 1 aliphatic heterocycles. The third-order valence-corrected chi connectivity index (χ3v) is 12.4. The van der Waals surface area contributed by atoms with Gasteiger partial charge in [-0.15, -0.1) is 0 Å². The Labute approximate surface area is 345 Å². The van der Waals surface area contributed by atoms with Crippen molar-refractivity contribution in [3.63, 3.8) is 0 Å². The van der Waals surface area contributed by atoms with Gasteiger partial charge >= 0.3 is 0 Å². The Kier molecular flexibility index (Phi) is 8.20. The van der Waals surface area contributed by atoms with E-state index >= 15 is 0 Å². The van der Waals surface area contributed by atoms with E-state index in [1.165, 1.54) is 77.2 Å². The molecule has 1 aliphatic rings. The smallest absolute Gasteiger partial charge is 0.0618 e. The molecule has 10 aromatic rings. The largest absolute Gasteiger partial charge is 0.310 e. The molecule has 0 bridgehead atoms. The summed E-state index contributed by atoms with van der Waals surface area (Å²) in [6.07, 6.45) is 0. The Morgan fingerprint density at radius 1 is 0.373 bits per heavy atom. The molecule has 11 rings (SSSR count). The molecule has 0 saturated carbocycles. The quantitative estimate of drug-likeness (QED) is 0.167. The summed E-state index contributed by atoms with van der Waals surface area (Å²) in [4.78, 5) is 4.95. The van der Waals surface area contributed by atoms with E-state index in [0.29, 0.717) is 0 Å². The van der Waals surface area contributed by atoms with Crippen LogP contribution in [0.3, 0.4) is 0 Å². The fourth-order valence-corrected chi connectivity index (χ4v) is 9.43. The first-order valence-electron chi connectivity index (χ1n) is 20.5. The van der Waals surface area contributed by atoms with Crippen LogP contribution in [0.2, 0.25) is 0 Å². The maximum absolute atomic E-state index is 2.55. The summed E-state index contributed by atoms with van der Waals surface area (Å²) in [7, 11) is 0. The first-order chi connectivity index (χ1) is 29.0. The second-order valence-corrected chi connectivity index (χ2v) is 16.2. The van der Waals surface area contributed by atoms with Gasteiger partial charge in [-0.2, -0.15) is 0 Å². The molecule has 280 valence electrons. The van der Waals surface area contributed by atoms with Crippen LogP contribution in [0.1, 0.15) is 25.0 Å². The molecule has 0 spiro atoms. The molecule has 59 heavy (non-hydrogen) atoms. The zero-order valence-electron chi connectivity index (χ0n) is 33.2. The van der Waals surface area contributed by atoms with Crippen molar-refractivity contribution in [3.8, 4) is 22.3 Å². The van der Waals surface area contributed by atoms with Crippen molar-refractivity contribution in [2.24, 2.45) is 0 Å². The molecule has 2 heteroatoms. The fraction of sp³-hybridized carbons (Fsp3) is 0.0526. The van der Waals surface area contributed by atoms with Gasteiger partial charge < -0.3 is 9.80 Å². The van der Waals surface area contributed by atoms with Crippen molar-refractivity contribution in [1.82, 2.24) is 0 Å². The Hall–Kier alpha value is -7.42. The predicted octanol–water partition coefficient (Wildman–Crippen LogP) is 16.1. The van der Waals surface area contributed by atoms with Gasteiger partial charge in [0.15, 0.2) is 0 Å². The van der Waals surface area contributed by atoms with Crippen molar-refractivity contribution in [3.05, 3.63) is 230 Å². The molecule has 0 N–H and O–H groups in total. The first kappa shape index (κ1) is 34.8. The second-order valence-electron chi connectivity index (χ2n) is 16.2. The van der Waals surface area contributed by atoms with Crippen LogP contribution < -0.4 is 9.80 Å². The summed E-state index contributed by atoms with van der Waals surface area (Å²) in [5, 5.41) is 7.30. The molecule has 1 heterocycles. The maximum atomic E-state index is 2.55.